The highest BCUT2D eigenvalue weighted by molar-refractivity contribution is 5.89. The van der Waals surface area contributed by atoms with Gasteiger partial charge in [-0.1, -0.05) is 19.9 Å². The molecule has 1 aromatic carbocycles. The summed E-state index contributed by atoms with van der Waals surface area (Å²) in [6.45, 7) is 4.79. The molecule has 1 aliphatic rings. The Kier molecular flexibility index (Phi) is 5.29. The van der Waals surface area contributed by atoms with Crippen molar-refractivity contribution in [2.75, 3.05) is 5.32 Å². The molecule has 0 atom stereocenters. The average Bonchev–Trinajstić information content (AvgIpc) is 3.05. The average molecular weight is 323 g/mol. The van der Waals surface area contributed by atoms with Gasteiger partial charge in [-0.05, 0) is 66.8 Å². The number of pyridine rings is 1. The maximum Gasteiger partial charge on any atom is 0.290 e. The third kappa shape index (κ3) is 3.84. The number of carbonyl (C=O) groups excluding carboxylic acids is 1. The summed E-state index contributed by atoms with van der Waals surface area (Å²) in [6.07, 6.45) is 9.85. The van der Waals surface area contributed by atoms with E-state index in [9.17, 15) is 4.79 Å². The van der Waals surface area contributed by atoms with Gasteiger partial charge in [-0.15, -0.1) is 0 Å². The number of anilines is 1. The van der Waals surface area contributed by atoms with E-state index in [4.69, 9.17) is 0 Å². The van der Waals surface area contributed by atoms with Crippen LogP contribution in [0.3, 0.4) is 0 Å². The van der Waals surface area contributed by atoms with E-state index < -0.39 is 0 Å². The van der Waals surface area contributed by atoms with Crippen LogP contribution in [0.25, 0.3) is 0 Å². The highest BCUT2D eigenvalue weighted by atomic mass is 16.1. The number of rotatable bonds is 6. The Morgan fingerprint density at radius 1 is 1.08 bits per heavy atom. The van der Waals surface area contributed by atoms with Crippen LogP contribution in [0.2, 0.25) is 0 Å². The highest BCUT2D eigenvalue weighted by Crippen LogP contribution is 2.25. The van der Waals surface area contributed by atoms with E-state index in [1.54, 1.807) is 0 Å². The molecule has 0 aliphatic heterocycles. The lowest BCUT2D eigenvalue weighted by molar-refractivity contribution is -0.684. The first-order valence-electron chi connectivity index (χ1n) is 9.10. The second-order valence-corrected chi connectivity index (χ2v) is 6.70. The summed E-state index contributed by atoms with van der Waals surface area (Å²) in [4.78, 5) is 12.3. The molecule has 0 saturated heterocycles. The first kappa shape index (κ1) is 16.7. The van der Waals surface area contributed by atoms with E-state index in [1.165, 1.54) is 29.5 Å². The van der Waals surface area contributed by atoms with Crippen LogP contribution in [0.5, 0.6) is 0 Å². The zero-order valence-corrected chi connectivity index (χ0v) is 14.7. The fourth-order valence-corrected chi connectivity index (χ4v) is 3.62. The molecule has 1 amide bonds. The van der Waals surface area contributed by atoms with Gasteiger partial charge in [-0.25, -0.2) is 0 Å². The fourth-order valence-electron chi connectivity index (χ4n) is 3.62. The van der Waals surface area contributed by atoms with Crippen molar-refractivity contribution in [3.63, 3.8) is 0 Å². The molecule has 0 fully saturated rings. The lowest BCUT2D eigenvalue weighted by Gasteiger charge is -2.11. The zero-order chi connectivity index (χ0) is 16.9. The Bertz CT molecular complexity index is 702. The Labute approximate surface area is 144 Å². The molecule has 3 rings (SSSR count). The number of aryl methyl sites for hydroxylation is 2. The van der Waals surface area contributed by atoms with Gasteiger partial charge in [0.1, 0.15) is 0 Å². The van der Waals surface area contributed by atoms with Gasteiger partial charge in [0.25, 0.3) is 5.91 Å². The number of fused-ring (bicyclic) bond motifs is 1. The molecule has 126 valence electrons. The largest absolute Gasteiger partial charge is 0.321 e. The summed E-state index contributed by atoms with van der Waals surface area (Å²) in [5.74, 6) is 0.633. The molecule has 1 N–H and O–H groups in total. The molecule has 0 radical (unpaired) electrons. The SMILES string of the molecule is CCC(CC)c1cc[n+](CC(=O)Nc2ccc3c(c2)CCC3)cc1. The maximum absolute atomic E-state index is 12.3. The second-order valence-electron chi connectivity index (χ2n) is 6.70. The van der Waals surface area contributed by atoms with Crippen LogP contribution in [0.15, 0.2) is 42.7 Å². The summed E-state index contributed by atoms with van der Waals surface area (Å²) < 4.78 is 1.94. The molecule has 2 aromatic rings. The normalized spacial score (nSPS) is 13.1. The number of aromatic nitrogens is 1. The lowest BCUT2D eigenvalue weighted by atomic mass is 9.95. The van der Waals surface area contributed by atoms with Gasteiger partial charge in [0.05, 0.1) is 0 Å². The molecular weight excluding hydrogens is 296 g/mol. The van der Waals surface area contributed by atoms with E-state index >= 15 is 0 Å². The number of carbonyl (C=O) groups is 1. The first-order chi connectivity index (χ1) is 11.7. The van der Waals surface area contributed by atoms with Gasteiger partial charge >= 0.3 is 0 Å². The Morgan fingerprint density at radius 2 is 1.79 bits per heavy atom. The lowest BCUT2D eigenvalue weighted by Crippen LogP contribution is -2.39. The number of amides is 1. The highest BCUT2D eigenvalue weighted by Gasteiger charge is 2.14. The molecule has 0 bridgehead atoms. The number of nitrogens with zero attached hydrogens (tertiary/aromatic N) is 1. The van der Waals surface area contributed by atoms with Gasteiger partial charge in [-0.2, -0.15) is 4.57 Å². The van der Waals surface area contributed by atoms with Crippen LogP contribution >= 0.6 is 0 Å². The fraction of sp³-hybridized carbons (Fsp3) is 0.429. The van der Waals surface area contributed by atoms with Crippen molar-refractivity contribution in [1.29, 1.82) is 0 Å². The molecule has 3 nitrogen and oxygen atoms in total. The van der Waals surface area contributed by atoms with Crippen molar-refractivity contribution in [3.05, 3.63) is 59.4 Å². The van der Waals surface area contributed by atoms with E-state index in [-0.39, 0.29) is 5.91 Å². The van der Waals surface area contributed by atoms with Gasteiger partial charge in [0, 0.05) is 17.8 Å². The van der Waals surface area contributed by atoms with Crippen LogP contribution in [-0.2, 0) is 24.2 Å². The standard InChI is InChI=1S/C21H26N2O/c1-3-16(4-2)18-10-12-23(13-11-18)15-21(24)22-20-9-8-17-6-5-7-19(17)14-20/h8-14,16H,3-7,15H2,1-2H3/p+1. The van der Waals surface area contributed by atoms with Gasteiger partial charge < -0.3 is 5.32 Å². The van der Waals surface area contributed by atoms with Crippen molar-refractivity contribution < 1.29 is 9.36 Å². The minimum absolute atomic E-state index is 0.0215. The van der Waals surface area contributed by atoms with Crippen LogP contribution < -0.4 is 9.88 Å². The van der Waals surface area contributed by atoms with Crippen molar-refractivity contribution in [3.8, 4) is 0 Å². The van der Waals surface area contributed by atoms with Crippen LogP contribution in [0.1, 0.15) is 55.7 Å². The number of hydrogen-bond acceptors (Lipinski definition) is 1. The first-order valence-corrected chi connectivity index (χ1v) is 9.10. The molecular formula is C21H27N2O+. The Hall–Kier alpha value is -2.16. The van der Waals surface area contributed by atoms with Crippen LogP contribution in [-0.4, -0.2) is 5.91 Å². The maximum atomic E-state index is 12.3. The van der Waals surface area contributed by atoms with Crippen molar-refractivity contribution in [2.24, 2.45) is 0 Å². The molecule has 24 heavy (non-hydrogen) atoms. The monoisotopic (exact) mass is 323 g/mol. The van der Waals surface area contributed by atoms with E-state index in [1.807, 2.05) is 23.0 Å². The number of benzene rings is 1. The molecule has 1 heterocycles. The molecule has 1 aromatic heterocycles. The number of nitrogens with one attached hydrogen (secondary N) is 1. The molecule has 0 saturated carbocycles. The van der Waals surface area contributed by atoms with Crippen molar-refractivity contribution in [2.45, 2.75) is 58.4 Å². The van der Waals surface area contributed by atoms with Crippen molar-refractivity contribution >= 4 is 11.6 Å². The Balaban J connectivity index is 1.60. The third-order valence-corrected chi connectivity index (χ3v) is 5.08. The summed E-state index contributed by atoms with van der Waals surface area (Å²) in [5, 5.41) is 3.02. The molecule has 0 unspecified atom stereocenters. The predicted molar refractivity (Wildman–Crippen MR) is 97.1 cm³/mol. The van der Waals surface area contributed by atoms with E-state index in [0.717, 1.165) is 24.9 Å². The van der Waals surface area contributed by atoms with Gasteiger partial charge in [-0.3, -0.25) is 4.79 Å². The minimum Gasteiger partial charge on any atom is -0.321 e. The minimum atomic E-state index is 0.0215. The van der Waals surface area contributed by atoms with E-state index in [0.29, 0.717) is 12.5 Å². The smallest absolute Gasteiger partial charge is 0.290 e. The summed E-state index contributed by atoms with van der Waals surface area (Å²) in [6, 6.07) is 10.6. The molecule has 3 heteroatoms. The van der Waals surface area contributed by atoms with Crippen LogP contribution in [0.4, 0.5) is 5.69 Å². The summed E-state index contributed by atoms with van der Waals surface area (Å²) in [7, 11) is 0. The predicted octanol–water partition coefficient (Wildman–Crippen LogP) is 4.01. The topological polar surface area (TPSA) is 33.0 Å². The summed E-state index contributed by atoms with van der Waals surface area (Å²) in [5.41, 5.74) is 5.08. The molecule has 1 aliphatic carbocycles. The zero-order valence-electron chi connectivity index (χ0n) is 14.7. The van der Waals surface area contributed by atoms with Gasteiger partial charge in [0.2, 0.25) is 6.54 Å². The quantitative estimate of drug-likeness (QED) is 0.801. The van der Waals surface area contributed by atoms with Crippen LogP contribution in [0, 0.1) is 0 Å². The van der Waals surface area contributed by atoms with Crippen molar-refractivity contribution in [1.82, 2.24) is 0 Å². The summed E-state index contributed by atoms with van der Waals surface area (Å²) >= 11 is 0. The third-order valence-electron chi connectivity index (χ3n) is 5.08. The number of hydrogen-bond donors (Lipinski definition) is 1. The second kappa shape index (κ2) is 7.61. The Morgan fingerprint density at radius 3 is 2.50 bits per heavy atom. The van der Waals surface area contributed by atoms with Gasteiger partial charge in [0.15, 0.2) is 12.4 Å². The molecule has 0 spiro atoms. The van der Waals surface area contributed by atoms with E-state index in [2.05, 4.69) is 43.4 Å².